The zero-order valence-electron chi connectivity index (χ0n) is 12.1. The Balaban J connectivity index is 2.03. The molecule has 0 saturated carbocycles. The quantitative estimate of drug-likeness (QED) is 0.870. The molecule has 0 spiro atoms. The van der Waals surface area contributed by atoms with E-state index in [-0.39, 0.29) is 17.7 Å². The van der Waals surface area contributed by atoms with Gasteiger partial charge >= 0.3 is 5.97 Å². The standard InChI is InChI=1S/C16H21NO4/c1-11(12-7-9-21-10-8-12)15(18)17-14(16(19)20)13-5-3-2-4-6-13/h2-6,11-12,14H,7-10H2,1H3,(H,17,18)(H,19,20)/t11?,14-/m0/s1. The van der Waals surface area contributed by atoms with Crippen molar-refractivity contribution < 1.29 is 19.4 Å². The lowest BCUT2D eigenvalue weighted by atomic mass is 9.86. The zero-order chi connectivity index (χ0) is 15.2. The Labute approximate surface area is 124 Å². The first-order valence-electron chi connectivity index (χ1n) is 7.25. The maximum Gasteiger partial charge on any atom is 0.330 e. The maximum atomic E-state index is 12.3. The predicted molar refractivity (Wildman–Crippen MR) is 77.7 cm³/mol. The molecule has 2 atom stereocenters. The summed E-state index contributed by atoms with van der Waals surface area (Å²) in [4.78, 5) is 23.7. The van der Waals surface area contributed by atoms with Crippen LogP contribution < -0.4 is 5.32 Å². The highest BCUT2D eigenvalue weighted by Crippen LogP contribution is 2.24. The van der Waals surface area contributed by atoms with E-state index in [1.165, 1.54) is 0 Å². The van der Waals surface area contributed by atoms with Gasteiger partial charge in [0.15, 0.2) is 6.04 Å². The summed E-state index contributed by atoms with van der Waals surface area (Å²) in [6.07, 6.45) is 1.69. The number of hydrogen-bond donors (Lipinski definition) is 2. The summed E-state index contributed by atoms with van der Waals surface area (Å²) in [5.41, 5.74) is 0.581. The summed E-state index contributed by atoms with van der Waals surface area (Å²) in [7, 11) is 0. The van der Waals surface area contributed by atoms with Crippen molar-refractivity contribution in [1.29, 1.82) is 0 Å². The largest absolute Gasteiger partial charge is 0.479 e. The third kappa shape index (κ3) is 4.04. The zero-order valence-corrected chi connectivity index (χ0v) is 12.1. The normalized spacial score (nSPS) is 18.7. The number of nitrogens with one attached hydrogen (secondary N) is 1. The number of hydrogen-bond acceptors (Lipinski definition) is 3. The van der Waals surface area contributed by atoms with Gasteiger partial charge in [-0.2, -0.15) is 0 Å². The fourth-order valence-corrected chi connectivity index (χ4v) is 2.64. The molecule has 5 nitrogen and oxygen atoms in total. The fourth-order valence-electron chi connectivity index (χ4n) is 2.64. The molecular formula is C16H21NO4. The lowest BCUT2D eigenvalue weighted by Crippen LogP contribution is -2.40. The van der Waals surface area contributed by atoms with Crippen molar-refractivity contribution >= 4 is 11.9 Å². The maximum absolute atomic E-state index is 12.3. The summed E-state index contributed by atoms with van der Waals surface area (Å²) < 4.78 is 5.29. The Morgan fingerprint density at radius 1 is 1.24 bits per heavy atom. The van der Waals surface area contributed by atoms with Crippen molar-refractivity contribution in [2.24, 2.45) is 11.8 Å². The van der Waals surface area contributed by atoms with E-state index in [9.17, 15) is 14.7 Å². The molecule has 1 unspecified atom stereocenters. The number of carboxylic acid groups (broad SMARTS) is 1. The van der Waals surface area contributed by atoms with Crippen molar-refractivity contribution in [2.75, 3.05) is 13.2 Å². The summed E-state index contributed by atoms with van der Waals surface area (Å²) in [6, 6.07) is 7.75. The first kappa shape index (κ1) is 15.5. The Kier molecular flexibility index (Phi) is 5.33. The number of rotatable bonds is 5. The predicted octanol–water partition coefficient (Wildman–Crippen LogP) is 1.99. The molecule has 1 aromatic rings. The lowest BCUT2D eigenvalue weighted by molar-refractivity contribution is -0.143. The molecule has 1 aliphatic rings. The average Bonchev–Trinajstić information content (AvgIpc) is 2.53. The Morgan fingerprint density at radius 3 is 2.43 bits per heavy atom. The van der Waals surface area contributed by atoms with Crippen molar-refractivity contribution in [3.63, 3.8) is 0 Å². The van der Waals surface area contributed by atoms with Gasteiger partial charge in [-0.3, -0.25) is 4.79 Å². The number of amides is 1. The van der Waals surface area contributed by atoms with E-state index in [2.05, 4.69) is 5.32 Å². The molecule has 114 valence electrons. The summed E-state index contributed by atoms with van der Waals surface area (Å²) in [5, 5.41) is 12.0. The summed E-state index contributed by atoms with van der Waals surface area (Å²) in [5.74, 6) is -1.21. The van der Waals surface area contributed by atoms with Crippen LogP contribution in [0.1, 0.15) is 31.4 Å². The topological polar surface area (TPSA) is 75.6 Å². The molecule has 2 rings (SSSR count). The van der Waals surface area contributed by atoms with E-state index >= 15 is 0 Å². The molecule has 0 aliphatic carbocycles. The minimum absolute atomic E-state index is 0.209. The van der Waals surface area contributed by atoms with Crippen molar-refractivity contribution in [3.8, 4) is 0 Å². The smallest absolute Gasteiger partial charge is 0.330 e. The van der Waals surface area contributed by atoms with Gasteiger partial charge in [0.2, 0.25) is 5.91 Å². The number of carbonyl (C=O) groups excluding carboxylic acids is 1. The van der Waals surface area contributed by atoms with Crippen LogP contribution in [0.2, 0.25) is 0 Å². The monoisotopic (exact) mass is 291 g/mol. The van der Waals surface area contributed by atoms with Crippen LogP contribution in [0.25, 0.3) is 0 Å². The van der Waals surface area contributed by atoms with E-state index in [1.54, 1.807) is 24.3 Å². The van der Waals surface area contributed by atoms with E-state index in [0.29, 0.717) is 18.8 Å². The first-order valence-corrected chi connectivity index (χ1v) is 7.25. The molecule has 2 N–H and O–H groups in total. The average molecular weight is 291 g/mol. The Hall–Kier alpha value is -1.88. The molecule has 1 amide bonds. The van der Waals surface area contributed by atoms with E-state index in [4.69, 9.17) is 4.74 Å². The summed E-state index contributed by atoms with van der Waals surface area (Å²) in [6.45, 7) is 3.20. The third-order valence-electron chi connectivity index (χ3n) is 4.05. The molecular weight excluding hydrogens is 270 g/mol. The first-order chi connectivity index (χ1) is 10.1. The number of carboxylic acids is 1. The van der Waals surface area contributed by atoms with Gasteiger partial charge < -0.3 is 15.2 Å². The highest BCUT2D eigenvalue weighted by atomic mass is 16.5. The molecule has 0 aromatic heterocycles. The van der Waals surface area contributed by atoms with Crippen LogP contribution in [0.3, 0.4) is 0 Å². The van der Waals surface area contributed by atoms with Gasteiger partial charge in [0.1, 0.15) is 0 Å². The van der Waals surface area contributed by atoms with Gasteiger partial charge in [-0.05, 0) is 24.3 Å². The van der Waals surface area contributed by atoms with Crippen LogP contribution in [0.4, 0.5) is 0 Å². The lowest BCUT2D eigenvalue weighted by Gasteiger charge is -2.28. The molecule has 1 aromatic carbocycles. The van der Waals surface area contributed by atoms with Crippen LogP contribution in [0.5, 0.6) is 0 Å². The Bertz CT molecular complexity index is 482. The second kappa shape index (κ2) is 7.22. The van der Waals surface area contributed by atoms with E-state index < -0.39 is 12.0 Å². The van der Waals surface area contributed by atoms with Gasteiger partial charge in [-0.1, -0.05) is 37.3 Å². The third-order valence-corrected chi connectivity index (χ3v) is 4.05. The van der Waals surface area contributed by atoms with Gasteiger partial charge in [0.25, 0.3) is 0 Å². The number of benzene rings is 1. The van der Waals surface area contributed by atoms with Crippen LogP contribution in [-0.4, -0.2) is 30.2 Å². The number of carbonyl (C=O) groups is 2. The minimum atomic E-state index is -1.05. The molecule has 1 heterocycles. The molecule has 1 saturated heterocycles. The molecule has 21 heavy (non-hydrogen) atoms. The van der Waals surface area contributed by atoms with Gasteiger partial charge in [0, 0.05) is 19.1 Å². The van der Waals surface area contributed by atoms with Crippen LogP contribution >= 0.6 is 0 Å². The molecule has 0 bridgehead atoms. The second-order valence-corrected chi connectivity index (χ2v) is 5.43. The molecule has 1 fully saturated rings. The van der Waals surface area contributed by atoms with Crippen molar-refractivity contribution in [1.82, 2.24) is 5.32 Å². The van der Waals surface area contributed by atoms with Crippen molar-refractivity contribution in [3.05, 3.63) is 35.9 Å². The minimum Gasteiger partial charge on any atom is -0.479 e. The number of ether oxygens (including phenoxy) is 1. The SMILES string of the molecule is CC(C(=O)N[C@H](C(=O)O)c1ccccc1)C1CCOCC1. The van der Waals surface area contributed by atoms with Crippen LogP contribution in [0, 0.1) is 11.8 Å². The highest BCUT2D eigenvalue weighted by Gasteiger charge is 2.29. The summed E-state index contributed by atoms with van der Waals surface area (Å²) >= 11 is 0. The molecule has 5 heteroatoms. The van der Waals surface area contributed by atoms with Crippen LogP contribution in [-0.2, 0) is 14.3 Å². The van der Waals surface area contributed by atoms with Crippen LogP contribution in [0.15, 0.2) is 30.3 Å². The molecule has 0 radical (unpaired) electrons. The van der Waals surface area contributed by atoms with E-state index in [1.807, 2.05) is 13.0 Å². The second-order valence-electron chi connectivity index (χ2n) is 5.43. The fraction of sp³-hybridized carbons (Fsp3) is 0.500. The Morgan fingerprint density at radius 2 is 1.86 bits per heavy atom. The van der Waals surface area contributed by atoms with E-state index in [0.717, 1.165) is 12.8 Å². The number of aliphatic carboxylic acids is 1. The van der Waals surface area contributed by atoms with Gasteiger partial charge in [-0.25, -0.2) is 4.79 Å². The van der Waals surface area contributed by atoms with Gasteiger partial charge in [-0.15, -0.1) is 0 Å². The highest BCUT2D eigenvalue weighted by molar-refractivity contribution is 5.85. The van der Waals surface area contributed by atoms with Crippen molar-refractivity contribution in [2.45, 2.75) is 25.8 Å². The molecule has 1 aliphatic heterocycles. The van der Waals surface area contributed by atoms with Gasteiger partial charge in [0.05, 0.1) is 0 Å².